The van der Waals surface area contributed by atoms with Crippen LogP contribution in [0.15, 0.2) is 42.1 Å². The van der Waals surface area contributed by atoms with E-state index < -0.39 is 5.97 Å². The predicted octanol–water partition coefficient (Wildman–Crippen LogP) is 1.81. The molecule has 0 saturated carbocycles. The molecule has 3 nitrogen and oxygen atoms in total. The van der Waals surface area contributed by atoms with Crippen LogP contribution in [0, 0.1) is 0 Å². The molecule has 0 fully saturated rings. The van der Waals surface area contributed by atoms with Crippen LogP contribution in [-0.2, 0) is 11.2 Å². The first-order chi connectivity index (χ1) is 7.18. The maximum absolute atomic E-state index is 10.3. The number of nitrogens with one attached hydrogen (secondary N) is 1. The molecule has 0 atom stereocenters. The molecule has 0 heterocycles. The Kier molecular flexibility index (Phi) is 4.41. The number of carbonyl (C=O) groups is 1. The second kappa shape index (κ2) is 5.86. The van der Waals surface area contributed by atoms with Crippen LogP contribution >= 0.6 is 0 Å². The fourth-order valence-corrected chi connectivity index (χ4v) is 1.28. The quantitative estimate of drug-likeness (QED) is 0.721. The van der Waals surface area contributed by atoms with Gasteiger partial charge in [0.25, 0.3) is 0 Å². The Bertz CT molecular complexity index is 344. The number of hydrogen-bond acceptors (Lipinski definition) is 2. The number of carboxylic acid groups (broad SMARTS) is 1. The third kappa shape index (κ3) is 4.86. The molecule has 0 aliphatic carbocycles. The molecular formula is C12H15NO2. The first kappa shape index (κ1) is 11.3. The summed E-state index contributed by atoms with van der Waals surface area (Å²) >= 11 is 0. The van der Waals surface area contributed by atoms with Crippen molar-refractivity contribution in [1.29, 1.82) is 0 Å². The van der Waals surface area contributed by atoms with E-state index in [9.17, 15) is 4.79 Å². The van der Waals surface area contributed by atoms with Crippen LogP contribution in [0.25, 0.3) is 0 Å². The lowest BCUT2D eigenvalue weighted by Gasteiger charge is -2.05. The fraction of sp³-hybridized carbons (Fsp3) is 0.250. The van der Waals surface area contributed by atoms with Gasteiger partial charge in [-0.3, -0.25) is 0 Å². The second-order valence-electron chi connectivity index (χ2n) is 3.33. The molecule has 0 radical (unpaired) electrons. The van der Waals surface area contributed by atoms with Crippen LogP contribution in [0.5, 0.6) is 0 Å². The van der Waals surface area contributed by atoms with Gasteiger partial charge in [-0.2, -0.15) is 0 Å². The van der Waals surface area contributed by atoms with Gasteiger partial charge in [-0.05, 0) is 18.9 Å². The standard InChI is InChI=1S/C12H15NO2/c1-10(9-12(14)15)13-8-7-11-5-3-2-4-6-11/h2-6,9,13H,7-8H2,1H3,(H,14,15)/b10-9+. The van der Waals surface area contributed by atoms with Gasteiger partial charge in [0, 0.05) is 18.3 Å². The van der Waals surface area contributed by atoms with Crippen molar-refractivity contribution >= 4 is 5.97 Å². The highest BCUT2D eigenvalue weighted by atomic mass is 16.4. The van der Waals surface area contributed by atoms with Gasteiger partial charge in [-0.25, -0.2) is 4.79 Å². The van der Waals surface area contributed by atoms with Crippen LogP contribution < -0.4 is 5.32 Å². The smallest absolute Gasteiger partial charge is 0.330 e. The number of rotatable bonds is 5. The lowest BCUT2D eigenvalue weighted by molar-refractivity contribution is -0.131. The summed E-state index contributed by atoms with van der Waals surface area (Å²) in [4.78, 5) is 10.3. The van der Waals surface area contributed by atoms with Gasteiger partial charge in [0.1, 0.15) is 0 Å². The van der Waals surface area contributed by atoms with E-state index in [1.807, 2.05) is 18.2 Å². The monoisotopic (exact) mass is 205 g/mol. The predicted molar refractivity (Wildman–Crippen MR) is 59.5 cm³/mol. The summed E-state index contributed by atoms with van der Waals surface area (Å²) in [5.41, 5.74) is 1.92. The van der Waals surface area contributed by atoms with Gasteiger partial charge in [0.2, 0.25) is 0 Å². The van der Waals surface area contributed by atoms with Crippen LogP contribution in [0.2, 0.25) is 0 Å². The van der Waals surface area contributed by atoms with Crippen LogP contribution in [0.4, 0.5) is 0 Å². The number of aliphatic carboxylic acids is 1. The Morgan fingerprint density at radius 2 is 2.07 bits per heavy atom. The van der Waals surface area contributed by atoms with Crippen molar-refractivity contribution in [2.24, 2.45) is 0 Å². The summed E-state index contributed by atoms with van der Waals surface area (Å²) in [6.07, 6.45) is 2.07. The highest BCUT2D eigenvalue weighted by Gasteiger charge is 1.94. The van der Waals surface area contributed by atoms with Crippen molar-refractivity contribution in [2.75, 3.05) is 6.54 Å². The maximum Gasteiger partial charge on any atom is 0.330 e. The number of carboxylic acids is 1. The zero-order valence-electron chi connectivity index (χ0n) is 8.73. The Morgan fingerprint density at radius 3 is 2.67 bits per heavy atom. The summed E-state index contributed by atoms with van der Waals surface area (Å²) in [7, 11) is 0. The molecule has 80 valence electrons. The normalized spacial score (nSPS) is 11.1. The molecule has 0 saturated heterocycles. The minimum Gasteiger partial charge on any atom is -0.478 e. The SMILES string of the molecule is C/C(=C\C(=O)O)NCCc1ccccc1. The average molecular weight is 205 g/mol. The molecule has 0 bridgehead atoms. The van der Waals surface area contributed by atoms with E-state index >= 15 is 0 Å². The fourth-order valence-electron chi connectivity index (χ4n) is 1.28. The Morgan fingerprint density at radius 1 is 1.40 bits per heavy atom. The Balaban J connectivity index is 2.31. The van der Waals surface area contributed by atoms with Gasteiger partial charge in [-0.1, -0.05) is 30.3 Å². The molecule has 1 aromatic rings. The molecule has 15 heavy (non-hydrogen) atoms. The summed E-state index contributed by atoms with van der Waals surface area (Å²) in [6.45, 7) is 2.50. The first-order valence-corrected chi connectivity index (χ1v) is 4.87. The van der Waals surface area contributed by atoms with Crippen molar-refractivity contribution in [1.82, 2.24) is 5.32 Å². The summed E-state index contributed by atoms with van der Waals surface area (Å²) in [5.74, 6) is -0.917. The van der Waals surface area contributed by atoms with E-state index in [0.29, 0.717) is 5.70 Å². The molecule has 0 aliphatic rings. The molecule has 1 aromatic carbocycles. The van der Waals surface area contributed by atoms with Crippen molar-refractivity contribution < 1.29 is 9.90 Å². The van der Waals surface area contributed by atoms with E-state index in [1.165, 1.54) is 11.6 Å². The van der Waals surface area contributed by atoms with E-state index in [0.717, 1.165) is 13.0 Å². The zero-order valence-corrected chi connectivity index (χ0v) is 8.73. The minimum atomic E-state index is -0.917. The van der Waals surface area contributed by atoms with E-state index in [1.54, 1.807) is 6.92 Å². The lowest BCUT2D eigenvalue weighted by atomic mass is 10.1. The topological polar surface area (TPSA) is 49.3 Å². The summed E-state index contributed by atoms with van der Waals surface area (Å²) in [5, 5.41) is 11.5. The van der Waals surface area contributed by atoms with Gasteiger partial charge in [-0.15, -0.1) is 0 Å². The minimum absolute atomic E-state index is 0.679. The highest BCUT2D eigenvalue weighted by Crippen LogP contribution is 1.98. The number of allylic oxidation sites excluding steroid dienone is 1. The Labute approximate surface area is 89.4 Å². The third-order valence-electron chi connectivity index (χ3n) is 2.00. The maximum atomic E-state index is 10.3. The van der Waals surface area contributed by atoms with Crippen molar-refractivity contribution in [3.05, 3.63) is 47.7 Å². The highest BCUT2D eigenvalue weighted by molar-refractivity contribution is 5.80. The van der Waals surface area contributed by atoms with Crippen molar-refractivity contribution in [3.63, 3.8) is 0 Å². The van der Waals surface area contributed by atoms with Crippen LogP contribution in [0.1, 0.15) is 12.5 Å². The molecule has 0 amide bonds. The molecule has 0 unspecified atom stereocenters. The van der Waals surface area contributed by atoms with Crippen molar-refractivity contribution in [3.8, 4) is 0 Å². The summed E-state index contributed by atoms with van der Waals surface area (Å²) < 4.78 is 0. The largest absolute Gasteiger partial charge is 0.478 e. The molecular weight excluding hydrogens is 190 g/mol. The van der Waals surface area contributed by atoms with E-state index in [4.69, 9.17) is 5.11 Å². The van der Waals surface area contributed by atoms with E-state index in [2.05, 4.69) is 17.4 Å². The lowest BCUT2D eigenvalue weighted by Crippen LogP contribution is -2.15. The molecule has 3 heteroatoms. The summed E-state index contributed by atoms with van der Waals surface area (Å²) in [6, 6.07) is 10.1. The molecule has 1 rings (SSSR count). The van der Waals surface area contributed by atoms with Gasteiger partial charge in [0.05, 0.1) is 0 Å². The average Bonchev–Trinajstić information content (AvgIpc) is 2.18. The molecule has 0 aromatic heterocycles. The third-order valence-corrected chi connectivity index (χ3v) is 2.00. The van der Waals surface area contributed by atoms with Gasteiger partial charge < -0.3 is 10.4 Å². The first-order valence-electron chi connectivity index (χ1n) is 4.87. The second-order valence-corrected chi connectivity index (χ2v) is 3.33. The zero-order chi connectivity index (χ0) is 11.1. The Hall–Kier alpha value is -1.77. The van der Waals surface area contributed by atoms with Gasteiger partial charge in [0.15, 0.2) is 0 Å². The molecule has 2 N–H and O–H groups in total. The van der Waals surface area contributed by atoms with Crippen molar-refractivity contribution in [2.45, 2.75) is 13.3 Å². The van der Waals surface area contributed by atoms with Crippen LogP contribution in [-0.4, -0.2) is 17.6 Å². The molecule has 0 aliphatic heterocycles. The number of benzene rings is 1. The molecule has 0 spiro atoms. The number of hydrogen-bond donors (Lipinski definition) is 2. The van der Waals surface area contributed by atoms with E-state index in [-0.39, 0.29) is 0 Å². The van der Waals surface area contributed by atoms with Crippen LogP contribution in [0.3, 0.4) is 0 Å². The van der Waals surface area contributed by atoms with Gasteiger partial charge >= 0.3 is 5.97 Å².